The van der Waals surface area contributed by atoms with Crippen molar-refractivity contribution in [1.82, 2.24) is 4.98 Å². The quantitative estimate of drug-likeness (QED) is 0.391. The molecule has 0 fully saturated rings. The minimum absolute atomic E-state index is 0.0595. The van der Waals surface area contributed by atoms with E-state index < -0.39 is 11.9 Å². The second-order valence-electron chi connectivity index (χ2n) is 7.13. The Kier molecular flexibility index (Phi) is 6.00. The van der Waals surface area contributed by atoms with Crippen molar-refractivity contribution in [2.24, 2.45) is 4.99 Å². The number of aliphatic carboxylic acids is 2. The predicted octanol–water partition coefficient (Wildman–Crippen LogP) is 4.71. The van der Waals surface area contributed by atoms with Gasteiger partial charge < -0.3 is 20.6 Å². The molecule has 0 saturated heterocycles. The number of aromatic nitrogens is 1. The van der Waals surface area contributed by atoms with Crippen LogP contribution in [-0.2, 0) is 16.0 Å². The van der Waals surface area contributed by atoms with Crippen molar-refractivity contribution in [3.8, 4) is 5.88 Å². The topological polar surface area (TPSA) is 132 Å². The average molecular weight is 449 g/mol. The van der Waals surface area contributed by atoms with Crippen LogP contribution >= 0.6 is 11.3 Å². The van der Waals surface area contributed by atoms with Gasteiger partial charge in [0.2, 0.25) is 5.88 Å². The van der Waals surface area contributed by atoms with Gasteiger partial charge >= 0.3 is 11.9 Å². The Morgan fingerprint density at radius 2 is 1.75 bits per heavy atom. The number of anilines is 2. The number of hydrogen-bond acceptors (Lipinski definition) is 7. The van der Waals surface area contributed by atoms with Crippen LogP contribution in [0.25, 0.3) is 11.1 Å². The van der Waals surface area contributed by atoms with Crippen molar-refractivity contribution in [3.05, 3.63) is 64.5 Å². The smallest absolute Gasteiger partial charge is 0.307 e. The first-order valence-electron chi connectivity index (χ1n) is 9.77. The first kappa shape index (κ1) is 21.3. The number of allylic oxidation sites excluding steroid dienone is 1. The fourth-order valence-electron chi connectivity index (χ4n) is 3.40. The lowest BCUT2D eigenvalue weighted by atomic mass is 9.98. The van der Waals surface area contributed by atoms with Crippen LogP contribution in [0, 0.1) is 0 Å². The summed E-state index contributed by atoms with van der Waals surface area (Å²) in [6.07, 6.45) is 1.82. The Morgan fingerprint density at radius 3 is 2.47 bits per heavy atom. The van der Waals surface area contributed by atoms with Gasteiger partial charge in [0.1, 0.15) is 0 Å². The maximum absolute atomic E-state index is 11.6. The Hall–Kier alpha value is -3.98. The molecule has 4 N–H and O–H groups in total. The number of nitrogens with one attached hydrogen (secondary N) is 1. The zero-order valence-corrected chi connectivity index (χ0v) is 17.6. The Bertz CT molecular complexity index is 1240. The largest absolute Gasteiger partial charge is 0.492 e. The summed E-state index contributed by atoms with van der Waals surface area (Å²) < 4.78 is 0. The Morgan fingerprint density at radius 1 is 1.00 bits per heavy atom. The van der Waals surface area contributed by atoms with Crippen LogP contribution < -0.4 is 5.32 Å². The molecule has 3 aromatic rings. The van der Waals surface area contributed by atoms with Crippen LogP contribution in [0.5, 0.6) is 5.88 Å². The molecule has 2 aromatic carbocycles. The van der Waals surface area contributed by atoms with Gasteiger partial charge in [0.05, 0.1) is 17.0 Å². The van der Waals surface area contributed by atoms with E-state index in [0.717, 1.165) is 28.2 Å². The number of benzene rings is 2. The number of thiazole rings is 1. The summed E-state index contributed by atoms with van der Waals surface area (Å²) in [6, 6.07) is 14.7. The molecule has 0 spiro atoms. The number of hydrogen-bond donors (Lipinski definition) is 4. The van der Waals surface area contributed by atoms with Crippen LogP contribution in [0.2, 0.25) is 0 Å². The highest BCUT2D eigenvalue weighted by Gasteiger charge is 2.24. The maximum atomic E-state index is 11.6. The first-order chi connectivity index (χ1) is 15.4. The average Bonchev–Trinajstić information content (AvgIpc) is 3.35. The molecule has 0 saturated carbocycles. The predicted molar refractivity (Wildman–Crippen MR) is 123 cm³/mol. The molecule has 0 atom stereocenters. The number of aliphatic imine (C=N–C) groups is 1. The van der Waals surface area contributed by atoms with Gasteiger partial charge in [0.25, 0.3) is 0 Å². The Balaban J connectivity index is 1.62. The number of aromatic hydroxyl groups is 1. The lowest BCUT2D eigenvalue weighted by Gasteiger charge is -2.08. The van der Waals surface area contributed by atoms with Crippen molar-refractivity contribution in [1.29, 1.82) is 0 Å². The van der Waals surface area contributed by atoms with Gasteiger partial charge in [-0.2, -0.15) is 4.98 Å². The highest BCUT2D eigenvalue weighted by Crippen LogP contribution is 2.43. The molecule has 0 aliphatic carbocycles. The number of rotatable bonds is 8. The first-order valence-corrected chi connectivity index (χ1v) is 10.6. The normalized spacial score (nSPS) is 13.6. The van der Waals surface area contributed by atoms with Crippen LogP contribution in [0.15, 0.2) is 53.5 Å². The Labute approximate surface area is 187 Å². The number of nitrogens with zero attached hydrogens (tertiary/aromatic N) is 2. The molecule has 9 heteroatoms. The van der Waals surface area contributed by atoms with Crippen LogP contribution in [0.4, 0.5) is 16.5 Å². The van der Waals surface area contributed by atoms with Crippen molar-refractivity contribution < 1.29 is 24.9 Å². The summed E-state index contributed by atoms with van der Waals surface area (Å²) in [5.41, 5.74) is 4.26. The molecule has 1 aliphatic heterocycles. The maximum Gasteiger partial charge on any atom is 0.307 e. The van der Waals surface area contributed by atoms with Gasteiger partial charge in [-0.05, 0) is 35.8 Å². The number of aryl methyl sites for hydroxylation is 1. The van der Waals surface area contributed by atoms with Crippen LogP contribution in [-0.4, -0.2) is 38.5 Å². The van der Waals surface area contributed by atoms with Crippen molar-refractivity contribution >= 4 is 57.1 Å². The van der Waals surface area contributed by atoms with Gasteiger partial charge in [-0.15, -0.1) is 0 Å². The number of para-hydroxylation sites is 1. The second kappa shape index (κ2) is 9.03. The third-order valence-corrected chi connectivity index (χ3v) is 5.92. The van der Waals surface area contributed by atoms with E-state index in [-0.39, 0.29) is 18.7 Å². The van der Waals surface area contributed by atoms with Crippen molar-refractivity contribution in [2.45, 2.75) is 19.3 Å². The minimum Gasteiger partial charge on any atom is -0.492 e. The standard InChI is InChI=1S/C23H19N3O5S/c27-19(28)10-7-13-5-8-14(9-6-13)25-23-26-22(31)21(32-23)16(11-20(29)30)17-12-24-18-4-2-1-3-15(17)18/h1-6,8-9,12,31H,7,10-11H2,(H,25,26)(H,27,28)(H,29,30). The summed E-state index contributed by atoms with van der Waals surface area (Å²) in [7, 11) is 0. The molecule has 0 unspecified atom stereocenters. The SMILES string of the molecule is O=C(O)CCc1ccc(Nc2nc(O)c(C(CC(=O)O)=C3C=Nc4ccccc43)s2)cc1. The van der Waals surface area contributed by atoms with E-state index in [1.54, 1.807) is 18.3 Å². The fourth-order valence-corrected chi connectivity index (χ4v) is 4.34. The molecule has 162 valence electrons. The highest BCUT2D eigenvalue weighted by molar-refractivity contribution is 7.17. The monoisotopic (exact) mass is 449 g/mol. The van der Waals surface area contributed by atoms with Crippen molar-refractivity contribution in [3.63, 3.8) is 0 Å². The summed E-state index contributed by atoms with van der Waals surface area (Å²) in [5, 5.41) is 32.3. The highest BCUT2D eigenvalue weighted by atomic mass is 32.1. The fraction of sp³-hybridized carbons (Fsp3) is 0.130. The zero-order valence-electron chi connectivity index (χ0n) is 16.8. The van der Waals surface area contributed by atoms with E-state index in [2.05, 4.69) is 15.3 Å². The number of fused-ring (bicyclic) bond motifs is 1. The number of carboxylic acid groups (broad SMARTS) is 2. The van der Waals surface area contributed by atoms with E-state index in [9.17, 15) is 19.8 Å². The van der Waals surface area contributed by atoms with E-state index in [1.807, 2.05) is 36.4 Å². The molecule has 1 aromatic heterocycles. The molecule has 1 aliphatic rings. The summed E-state index contributed by atoms with van der Waals surface area (Å²) in [5.74, 6) is -2.12. The van der Waals surface area contributed by atoms with E-state index in [1.165, 1.54) is 0 Å². The van der Waals surface area contributed by atoms with Crippen LogP contribution in [0.1, 0.15) is 28.8 Å². The van der Waals surface area contributed by atoms with E-state index in [0.29, 0.717) is 33.3 Å². The van der Waals surface area contributed by atoms with Gasteiger partial charge in [-0.1, -0.05) is 41.7 Å². The molecule has 0 radical (unpaired) electrons. The van der Waals surface area contributed by atoms with Gasteiger partial charge in [-0.3, -0.25) is 14.6 Å². The van der Waals surface area contributed by atoms with E-state index in [4.69, 9.17) is 5.11 Å². The zero-order chi connectivity index (χ0) is 22.7. The van der Waals surface area contributed by atoms with Gasteiger partial charge in [0, 0.05) is 29.5 Å². The second-order valence-corrected chi connectivity index (χ2v) is 8.12. The number of carboxylic acids is 2. The van der Waals surface area contributed by atoms with Crippen LogP contribution in [0.3, 0.4) is 0 Å². The summed E-state index contributed by atoms with van der Waals surface area (Å²) in [4.78, 5) is 31.1. The third-order valence-electron chi connectivity index (χ3n) is 4.90. The number of carbonyl (C=O) groups is 2. The van der Waals surface area contributed by atoms with Crippen molar-refractivity contribution in [2.75, 3.05) is 5.32 Å². The lowest BCUT2D eigenvalue weighted by Crippen LogP contribution is -1.99. The van der Waals surface area contributed by atoms with Gasteiger partial charge in [0.15, 0.2) is 5.13 Å². The molecule has 0 bridgehead atoms. The molecular formula is C23H19N3O5S. The molecular weight excluding hydrogens is 430 g/mol. The summed E-state index contributed by atoms with van der Waals surface area (Å²) >= 11 is 1.15. The lowest BCUT2D eigenvalue weighted by molar-refractivity contribution is -0.137. The molecule has 4 rings (SSSR count). The molecule has 8 nitrogen and oxygen atoms in total. The molecule has 32 heavy (non-hydrogen) atoms. The molecule has 2 heterocycles. The minimum atomic E-state index is -1.02. The van der Waals surface area contributed by atoms with E-state index >= 15 is 0 Å². The van der Waals surface area contributed by atoms with Gasteiger partial charge in [-0.25, -0.2) is 0 Å². The summed E-state index contributed by atoms with van der Waals surface area (Å²) in [6.45, 7) is 0. The third kappa shape index (κ3) is 4.68. The molecule has 0 amide bonds.